The average Bonchev–Trinajstić information content (AvgIpc) is 2.07. The molecule has 0 spiro atoms. The van der Waals surface area contributed by atoms with E-state index >= 15 is 0 Å². The Kier molecular flexibility index (Phi) is 5.27. The molecule has 0 saturated carbocycles. The fraction of sp³-hybridized carbons (Fsp3) is 0.571. The predicted octanol–water partition coefficient (Wildman–Crippen LogP) is -0.817. The Hall–Kier alpha value is -1.44. The first-order valence-corrected chi connectivity index (χ1v) is 5.98. The first kappa shape index (κ1) is 15.6. The van der Waals surface area contributed by atoms with Gasteiger partial charge in [-0.3, -0.25) is 18.9 Å². The molecule has 0 aliphatic heterocycles. The van der Waals surface area contributed by atoms with E-state index in [1.165, 1.54) is 0 Å². The summed E-state index contributed by atoms with van der Waals surface area (Å²) in [4.78, 5) is 49.1. The number of hydrogen-bond acceptors (Lipinski definition) is 4. The molecule has 0 radical (unpaired) electrons. The van der Waals surface area contributed by atoms with Crippen LogP contribution in [0.4, 0.5) is 0 Å². The van der Waals surface area contributed by atoms with Gasteiger partial charge in [0.1, 0.15) is 0 Å². The van der Waals surface area contributed by atoms with E-state index in [9.17, 15) is 18.9 Å². The van der Waals surface area contributed by atoms with E-state index in [-0.39, 0.29) is 0 Å². The van der Waals surface area contributed by atoms with Crippen molar-refractivity contribution in [2.45, 2.75) is 18.5 Å². The Balaban J connectivity index is 5.12. The van der Waals surface area contributed by atoms with Crippen molar-refractivity contribution >= 4 is 25.5 Å². The minimum Gasteiger partial charge on any atom is -0.481 e. The van der Waals surface area contributed by atoms with Crippen LogP contribution in [-0.2, 0) is 18.9 Å². The molecule has 0 amide bonds. The number of carboxylic acid groups (broad SMARTS) is 3. The molecular weight excluding hydrogens is 259 g/mol. The first-order chi connectivity index (χ1) is 7.57. The quantitative estimate of drug-likeness (QED) is 0.371. The maximum absolute atomic E-state index is 10.9. The molecular formula is C7H11O9P. The molecule has 0 aliphatic carbocycles. The van der Waals surface area contributed by atoms with Crippen molar-refractivity contribution < 1.29 is 44.1 Å². The lowest BCUT2D eigenvalue weighted by atomic mass is 9.99. The summed E-state index contributed by atoms with van der Waals surface area (Å²) in [6.45, 7) is 0. The molecule has 0 heterocycles. The van der Waals surface area contributed by atoms with Gasteiger partial charge in [0.05, 0.1) is 5.92 Å². The van der Waals surface area contributed by atoms with Crippen LogP contribution >= 0.6 is 7.60 Å². The summed E-state index contributed by atoms with van der Waals surface area (Å²) in [5.74, 6) is -7.08. The maximum Gasteiger partial charge on any atom is 0.340 e. The molecule has 0 rings (SSSR count). The fourth-order valence-electron chi connectivity index (χ4n) is 1.25. The molecule has 9 nitrogen and oxygen atoms in total. The van der Waals surface area contributed by atoms with Gasteiger partial charge in [-0.2, -0.15) is 0 Å². The van der Waals surface area contributed by atoms with Crippen molar-refractivity contribution in [2.24, 2.45) is 5.92 Å². The number of rotatable bonds is 7. The van der Waals surface area contributed by atoms with Crippen molar-refractivity contribution in [2.75, 3.05) is 0 Å². The van der Waals surface area contributed by atoms with E-state index in [1.807, 2.05) is 0 Å². The van der Waals surface area contributed by atoms with Gasteiger partial charge in [-0.15, -0.1) is 0 Å². The highest BCUT2D eigenvalue weighted by molar-refractivity contribution is 7.53. The SMILES string of the molecule is O=C(O)CCC(C(=O)O)C(C(=O)O)P(=O)(O)O. The van der Waals surface area contributed by atoms with Crippen molar-refractivity contribution in [1.82, 2.24) is 0 Å². The fourth-order valence-corrected chi connectivity index (χ4v) is 2.28. The van der Waals surface area contributed by atoms with Gasteiger partial charge >= 0.3 is 25.5 Å². The lowest BCUT2D eigenvalue weighted by Crippen LogP contribution is -2.35. The molecule has 98 valence electrons. The monoisotopic (exact) mass is 270 g/mol. The molecule has 0 fully saturated rings. The van der Waals surface area contributed by atoms with Gasteiger partial charge in [-0.1, -0.05) is 0 Å². The Morgan fingerprint density at radius 1 is 1.00 bits per heavy atom. The molecule has 0 aliphatic rings. The van der Waals surface area contributed by atoms with Gasteiger partial charge in [-0.25, -0.2) is 0 Å². The lowest BCUT2D eigenvalue weighted by molar-refractivity contribution is -0.149. The molecule has 0 aromatic carbocycles. The summed E-state index contributed by atoms with van der Waals surface area (Å²) >= 11 is 0. The second kappa shape index (κ2) is 5.76. The van der Waals surface area contributed by atoms with E-state index < -0.39 is 49.9 Å². The zero-order valence-electron chi connectivity index (χ0n) is 8.39. The van der Waals surface area contributed by atoms with Crippen LogP contribution in [0.25, 0.3) is 0 Å². The van der Waals surface area contributed by atoms with Crippen LogP contribution in [0.15, 0.2) is 0 Å². The highest BCUT2D eigenvalue weighted by Crippen LogP contribution is 2.46. The lowest BCUT2D eigenvalue weighted by Gasteiger charge is -2.20. The van der Waals surface area contributed by atoms with Crippen LogP contribution in [0, 0.1) is 5.92 Å². The van der Waals surface area contributed by atoms with Gasteiger partial charge < -0.3 is 25.1 Å². The maximum atomic E-state index is 10.9. The van der Waals surface area contributed by atoms with E-state index in [4.69, 9.17) is 25.1 Å². The minimum absolute atomic E-state index is 0.674. The Labute approximate surface area is 94.8 Å². The van der Waals surface area contributed by atoms with Crippen LogP contribution in [0.2, 0.25) is 0 Å². The molecule has 5 N–H and O–H groups in total. The summed E-state index contributed by atoms with van der Waals surface area (Å²) in [6.07, 6.45) is -1.37. The summed E-state index contributed by atoms with van der Waals surface area (Å²) in [6, 6.07) is 0. The highest BCUT2D eigenvalue weighted by Gasteiger charge is 2.45. The first-order valence-electron chi connectivity index (χ1n) is 4.30. The Bertz CT molecular complexity index is 370. The second-order valence-corrected chi connectivity index (χ2v) is 4.98. The predicted molar refractivity (Wildman–Crippen MR) is 51.5 cm³/mol. The van der Waals surface area contributed by atoms with Gasteiger partial charge in [0.15, 0.2) is 5.66 Å². The van der Waals surface area contributed by atoms with Crippen LogP contribution in [-0.4, -0.2) is 48.7 Å². The van der Waals surface area contributed by atoms with Gasteiger partial charge in [0.25, 0.3) is 0 Å². The largest absolute Gasteiger partial charge is 0.481 e. The number of carbonyl (C=O) groups is 3. The average molecular weight is 270 g/mol. The van der Waals surface area contributed by atoms with Crippen molar-refractivity contribution in [3.05, 3.63) is 0 Å². The van der Waals surface area contributed by atoms with Gasteiger partial charge in [0.2, 0.25) is 0 Å². The Morgan fingerprint density at radius 3 is 1.71 bits per heavy atom. The zero-order valence-corrected chi connectivity index (χ0v) is 9.28. The number of aliphatic carboxylic acids is 3. The zero-order chi connectivity index (χ0) is 13.8. The summed E-state index contributed by atoms with van der Waals surface area (Å²) in [5, 5.41) is 25.6. The standard InChI is InChI=1S/C7H11O9P/c8-4(9)2-1-3(6(10)11)5(7(12)13)17(14,15)16/h3,5H,1-2H2,(H,8,9)(H,10,11)(H,12,13)(H2,14,15,16). The van der Waals surface area contributed by atoms with Crippen molar-refractivity contribution in [3.8, 4) is 0 Å². The van der Waals surface area contributed by atoms with E-state index in [0.717, 1.165) is 0 Å². The summed E-state index contributed by atoms with van der Waals surface area (Å²) in [7, 11) is -5.18. The third kappa shape index (κ3) is 4.94. The summed E-state index contributed by atoms with van der Waals surface area (Å²) in [5.41, 5.74) is -2.45. The minimum atomic E-state index is -5.18. The number of hydrogen-bond donors (Lipinski definition) is 5. The van der Waals surface area contributed by atoms with Crippen LogP contribution in [0.3, 0.4) is 0 Å². The van der Waals surface area contributed by atoms with E-state index in [1.54, 1.807) is 0 Å². The van der Waals surface area contributed by atoms with Gasteiger partial charge in [-0.05, 0) is 6.42 Å². The second-order valence-electron chi connectivity index (χ2n) is 3.25. The van der Waals surface area contributed by atoms with Crippen molar-refractivity contribution in [1.29, 1.82) is 0 Å². The third-order valence-corrected chi connectivity index (χ3v) is 3.29. The molecule has 0 aromatic rings. The highest BCUT2D eigenvalue weighted by atomic mass is 31.2. The topological polar surface area (TPSA) is 169 Å². The molecule has 0 aromatic heterocycles. The molecule has 0 bridgehead atoms. The van der Waals surface area contributed by atoms with Crippen LogP contribution in [0.5, 0.6) is 0 Å². The van der Waals surface area contributed by atoms with E-state index in [2.05, 4.69) is 0 Å². The smallest absolute Gasteiger partial charge is 0.340 e. The van der Waals surface area contributed by atoms with E-state index in [0.29, 0.717) is 0 Å². The van der Waals surface area contributed by atoms with Crippen LogP contribution < -0.4 is 0 Å². The molecule has 0 saturated heterocycles. The van der Waals surface area contributed by atoms with Crippen molar-refractivity contribution in [3.63, 3.8) is 0 Å². The van der Waals surface area contributed by atoms with Crippen LogP contribution in [0.1, 0.15) is 12.8 Å². The Morgan fingerprint density at radius 2 is 1.47 bits per heavy atom. The molecule has 2 unspecified atom stereocenters. The molecule has 17 heavy (non-hydrogen) atoms. The third-order valence-electron chi connectivity index (χ3n) is 1.98. The van der Waals surface area contributed by atoms with Gasteiger partial charge in [0, 0.05) is 6.42 Å². The summed E-state index contributed by atoms with van der Waals surface area (Å²) < 4.78 is 10.9. The number of carboxylic acids is 3. The molecule has 10 heteroatoms. The molecule has 2 atom stereocenters. The normalized spacial score (nSPS) is 14.9.